The highest BCUT2D eigenvalue weighted by Gasteiger charge is 2.25. The molecule has 3 nitrogen and oxygen atoms in total. The van der Waals surface area contributed by atoms with Crippen LogP contribution in [0, 0.1) is 0 Å². The molecule has 21 heavy (non-hydrogen) atoms. The van der Waals surface area contributed by atoms with Gasteiger partial charge in [0, 0.05) is 34.1 Å². The average molecular weight is 350 g/mol. The summed E-state index contributed by atoms with van der Waals surface area (Å²) in [5.41, 5.74) is 2.22. The number of phenols is 1. The van der Waals surface area contributed by atoms with Crippen LogP contribution in [0.3, 0.4) is 0 Å². The van der Waals surface area contributed by atoms with Crippen molar-refractivity contribution in [3.8, 4) is 5.75 Å². The van der Waals surface area contributed by atoms with Gasteiger partial charge >= 0.3 is 0 Å². The van der Waals surface area contributed by atoms with Gasteiger partial charge in [0.15, 0.2) is 0 Å². The first kappa shape index (κ1) is 14.7. The molecule has 0 saturated carbocycles. The Morgan fingerprint density at radius 2 is 2.29 bits per heavy atom. The smallest absolute Gasteiger partial charge is 0.120 e. The van der Waals surface area contributed by atoms with Crippen LogP contribution >= 0.6 is 15.9 Å². The molecule has 1 aromatic heterocycles. The van der Waals surface area contributed by atoms with E-state index in [-0.39, 0.29) is 6.04 Å². The number of nitrogens with one attached hydrogen (secondary N) is 1. The van der Waals surface area contributed by atoms with Gasteiger partial charge in [0.25, 0.3) is 0 Å². The highest BCUT2D eigenvalue weighted by molar-refractivity contribution is 9.10. The molecule has 112 valence electrons. The Labute approximate surface area is 133 Å². The Morgan fingerprint density at radius 3 is 3.10 bits per heavy atom. The molecule has 1 aromatic carbocycles. The second-order valence-corrected chi connectivity index (χ2v) is 6.49. The van der Waals surface area contributed by atoms with E-state index in [1.165, 1.54) is 5.56 Å². The predicted octanol–water partition coefficient (Wildman–Crippen LogP) is 4.87. The molecule has 1 heterocycles. The van der Waals surface area contributed by atoms with Crippen molar-refractivity contribution >= 4 is 15.9 Å². The lowest BCUT2D eigenvalue weighted by molar-refractivity contribution is 0.362. The van der Waals surface area contributed by atoms with Gasteiger partial charge in [-0.1, -0.05) is 22.9 Å². The number of benzene rings is 1. The van der Waals surface area contributed by atoms with Crippen LogP contribution in [0.15, 0.2) is 39.4 Å². The van der Waals surface area contributed by atoms with Gasteiger partial charge in [-0.3, -0.25) is 0 Å². The van der Waals surface area contributed by atoms with Crippen LogP contribution in [0.2, 0.25) is 0 Å². The van der Waals surface area contributed by atoms with E-state index in [9.17, 15) is 5.11 Å². The number of rotatable bonds is 4. The summed E-state index contributed by atoms with van der Waals surface area (Å²) < 4.78 is 6.54. The average Bonchev–Trinajstić information content (AvgIpc) is 2.97. The lowest BCUT2D eigenvalue weighted by atomic mass is 9.91. The van der Waals surface area contributed by atoms with Crippen LogP contribution in [0.4, 0.5) is 0 Å². The highest BCUT2D eigenvalue weighted by Crippen LogP contribution is 2.35. The van der Waals surface area contributed by atoms with E-state index in [4.69, 9.17) is 4.42 Å². The van der Waals surface area contributed by atoms with Crippen LogP contribution < -0.4 is 5.32 Å². The van der Waals surface area contributed by atoms with Crippen molar-refractivity contribution in [3.63, 3.8) is 0 Å². The van der Waals surface area contributed by atoms with Crippen LogP contribution in [-0.2, 0) is 6.42 Å². The number of phenolic OH excluding ortho intramolecular Hbond substituents is 1. The van der Waals surface area contributed by atoms with E-state index in [2.05, 4.69) is 34.2 Å². The van der Waals surface area contributed by atoms with Crippen molar-refractivity contribution in [3.05, 3.63) is 51.9 Å². The fourth-order valence-corrected chi connectivity index (χ4v) is 3.51. The van der Waals surface area contributed by atoms with E-state index >= 15 is 0 Å². The standard InChI is InChI=1S/C17H20BrNO2/c1-2-14(13-10-11(18)6-7-16(13)20)19-15-4-3-5-17-12(15)8-9-21-17/h6-10,14-15,19-20H,2-5H2,1H3. The number of furan rings is 1. The van der Waals surface area contributed by atoms with Gasteiger partial charge in [0.1, 0.15) is 11.5 Å². The first-order chi connectivity index (χ1) is 10.2. The largest absolute Gasteiger partial charge is 0.508 e. The van der Waals surface area contributed by atoms with E-state index < -0.39 is 0 Å². The Bertz CT molecular complexity index is 623. The van der Waals surface area contributed by atoms with E-state index in [0.717, 1.165) is 41.5 Å². The molecule has 0 bridgehead atoms. The molecule has 2 N–H and O–H groups in total. The summed E-state index contributed by atoms with van der Waals surface area (Å²) >= 11 is 3.48. The molecule has 0 radical (unpaired) electrons. The monoisotopic (exact) mass is 349 g/mol. The van der Waals surface area contributed by atoms with Gasteiger partial charge in [-0.05, 0) is 43.5 Å². The van der Waals surface area contributed by atoms with E-state index in [1.807, 2.05) is 12.1 Å². The summed E-state index contributed by atoms with van der Waals surface area (Å²) in [4.78, 5) is 0. The van der Waals surface area contributed by atoms with Crippen molar-refractivity contribution in [1.82, 2.24) is 5.32 Å². The van der Waals surface area contributed by atoms with Crippen molar-refractivity contribution in [2.75, 3.05) is 0 Å². The molecule has 2 aromatic rings. The lowest BCUT2D eigenvalue weighted by Gasteiger charge is -2.28. The van der Waals surface area contributed by atoms with Crippen LogP contribution in [0.5, 0.6) is 5.75 Å². The Balaban J connectivity index is 1.84. The van der Waals surface area contributed by atoms with E-state index in [1.54, 1.807) is 12.3 Å². The van der Waals surface area contributed by atoms with Gasteiger partial charge in [-0.15, -0.1) is 0 Å². The number of hydrogen-bond acceptors (Lipinski definition) is 3. The zero-order valence-electron chi connectivity index (χ0n) is 12.1. The summed E-state index contributed by atoms with van der Waals surface area (Å²) in [5, 5.41) is 13.8. The Morgan fingerprint density at radius 1 is 1.43 bits per heavy atom. The van der Waals surface area contributed by atoms with Gasteiger partial charge < -0.3 is 14.8 Å². The molecule has 0 saturated heterocycles. The summed E-state index contributed by atoms with van der Waals surface area (Å²) in [7, 11) is 0. The minimum atomic E-state index is 0.133. The maximum absolute atomic E-state index is 10.1. The minimum Gasteiger partial charge on any atom is -0.508 e. The maximum atomic E-state index is 10.1. The molecule has 1 aliphatic rings. The van der Waals surface area contributed by atoms with Crippen LogP contribution in [0.25, 0.3) is 0 Å². The molecule has 0 fully saturated rings. The molecule has 0 amide bonds. The fourth-order valence-electron chi connectivity index (χ4n) is 3.13. The van der Waals surface area contributed by atoms with Crippen molar-refractivity contribution < 1.29 is 9.52 Å². The summed E-state index contributed by atoms with van der Waals surface area (Å²) in [5.74, 6) is 1.45. The van der Waals surface area contributed by atoms with Gasteiger partial charge in [-0.2, -0.15) is 0 Å². The Hall–Kier alpha value is -1.26. The van der Waals surface area contributed by atoms with Crippen molar-refractivity contribution in [2.45, 2.75) is 44.7 Å². The van der Waals surface area contributed by atoms with Crippen molar-refractivity contribution in [1.29, 1.82) is 0 Å². The van der Waals surface area contributed by atoms with Crippen molar-refractivity contribution in [2.24, 2.45) is 0 Å². The van der Waals surface area contributed by atoms with Crippen LogP contribution in [0.1, 0.15) is 55.2 Å². The third kappa shape index (κ3) is 3.01. The zero-order valence-corrected chi connectivity index (χ0v) is 13.7. The quantitative estimate of drug-likeness (QED) is 0.827. The van der Waals surface area contributed by atoms with Gasteiger partial charge in [-0.25, -0.2) is 0 Å². The maximum Gasteiger partial charge on any atom is 0.120 e. The first-order valence-electron chi connectivity index (χ1n) is 7.49. The number of fused-ring (bicyclic) bond motifs is 1. The molecule has 2 unspecified atom stereocenters. The number of halogens is 1. The second-order valence-electron chi connectivity index (χ2n) is 5.57. The summed E-state index contributed by atoms with van der Waals surface area (Å²) in [6.45, 7) is 2.14. The third-order valence-corrected chi connectivity index (χ3v) is 4.72. The number of hydrogen-bond donors (Lipinski definition) is 2. The summed E-state index contributed by atoms with van der Waals surface area (Å²) in [6, 6.07) is 8.10. The molecule has 0 spiro atoms. The summed E-state index contributed by atoms with van der Waals surface area (Å²) in [6.07, 6.45) is 5.98. The molecule has 4 heteroatoms. The first-order valence-corrected chi connectivity index (χ1v) is 8.29. The lowest BCUT2D eigenvalue weighted by Crippen LogP contribution is -2.28. The van der Waals surface area contributed by atoms with Gasteiger partial charge in [0.2, 0.25) is 0 Å². The SMILES string of the molecule is CCC(NC1CCCc2occc21)c1cc(Br)ccc1O. The Kier molecular flexibility index (Phi) is 4.36. The van der Waals surface area contributed by atoms with E-state index in [0.29, 0.717) is 11.8 Å². The zero-order chi connectivity index (χ0) is 14.8. The molecular formula is C17H20BrNO2. The topological polar surface area (TPSA) is 45.4 Å². The normalized spacial score (nSPS) is 19.2. The van der Waals surface area contributed by atoms with Crippen LogP contribution in [-0.4, -0.2) is 5.11 Å². The molecule has 1 aliphatic carbocycles. The highest BCUT2D eigenvalue weighted by atomic mass is 79.9. The predicted molar refractivity (Wildman–Crippen MR) is 86.4 cm³/mol. The minimum absolute atomic E-state index is 0.133. The molecule has 3 rings (SSSR count). The molecule has 2 atom stereocenters. The fraction of sp³-hybridized carbons (Fsp3) is 0.412. The molecular weight excluding hydrogens is 330 g/mol. The molecule has 0 aliphatic heterocycles. The number of aryl methyl sites for hydroxylation is 1. The third-order valence-electron chi connectivity index (χ3n) is 4.23. The van der Waals surface area contributed by atoms with Gasteiger partial charge in [0.05, 0.1) is 6.26 Å². The number of aromatic hydroxyl groups is 1. The second kappa shape index (κ2) is 6.24.